The van der Waals surface area contributed by atoms with Crippen molar-refractivity contribution in [2.45, 2.75) is 52.6 Å². The molecule has 32 heavy (non-hydrogen) atoms. The molecule has 8 nitrogen and oxygen atoms in total. The Morgan fingerprint density at radius 3 is 2.66 bits per heavy atom. The zero-order chi connectivity index (χ0) is 22.7. The van der Waals surface area contributed by atoms with Crippen LogP contribution in [0.25, 0.3) is 17.2 Å². The van der Waals surface area contributed by atoms with E-state index in [9.17, 15) is 9.18 Å². The standard InChI is InChI=1S/C23H29FN6O2/c1-4-6-10-29(11-7-5-2)14-20-26-22(27-32-20)21-19-13-28(3)23(31)17-12-16(24)8-9-18(17)30(19)15-25-21/h8-9,12,15H,4-7,10-11,13-14H2,1-3H3. The number of hydrogen-bond donors (Lipinski definition) is 0. The number of imidazole rings is 1. The summed E-state index contributed by atoms with van der Waals surface area (Å²) in [5.41, 5.74) is 2.20. The molecule has 0 aliphatic carbocycles. The van der Waals surface area contributed by atoms with Gasteiger partial charge in [0.2, 0.25) is 11.7 Å². The molecule has 1 aromatic carbocycles. The van der Waals surface area contributed by atoms with E-state index in [1.54, 1.807) is 28.9 Å². The van der Waals surface area contributed by atoms with Gasteiger partial charge in [-0.25, -0.2) is 9.37 Å². The molecule has 0 N–H and O–H groups in total. The number of nitrogens with zero attached hydrogens (tertiary/aromatic N) is 6. The van der Waals surface area contributed by atoms with Gasteiger partial charge in [-0.2, -0.15) is 4.98 Å². The summed E-state index contributed by atoms with van der Waals surface area (Å²) in [4.78, 5) is 25.8. The molecule has 0 atom stereocenters. The molecule has 4 rings (SSSR count). The minimum absolute atomic E-state index is 0.245. The summed E-state index contributed by atoms with van der Waals surface area (Å²) in [5, 5.41) is 4.17. The summed E-state index contributed by atoms with van der Waals surface area (Å²) < 4.78 is 21.2. The van der Waals surface area contributed by atoms with Gasteiger partial charge in [0.15, 0.2) is 0 Å². The van der Waals surface area contributed by atoms with Gasteiger partial charge in [-0.15, -0.1) is 0 Å². The molecule has 0 saturated heterocycles. The smallest absolute Gasteiger partial charge is 0.256 e. The zero-order valence-corrected chi connectivity index (χ0v) is 18.8. The number of aromatic nitrogens is 4. The van der Waals surface area contributed by atoms with Crippen LogP contribution in [0.15, 0.2) is 29.0 Å². The molecule has 3 heterocycles. The Bertz CT molecular complexity index is 1080. The van der Waals surface area contributed by atoms with Crippen LogP contribution in [-0.4, -0.2) is 55.5 Å². The highest BCUT2D eigenvalue weighted by atomic mass is 19.1. The van der Waals surface area contributed by atoms with Gasteiger partial charge in [-0.1, -0.05) is 31.8 Å². The van der Waals surface area contributed by atoms with Crippen molar-refractivity contribution in [3.63, 3.8) is 0 Å². The van der Waals surface area contributed by atoms with E-state index in [1.807, 2.05) is 0 Å². The van der Waals surface area contributed by atoms with Gasteiger partial charge in [0.05, 0.1) is 30.0 Å². The average Bonchev–Trinajstić information content (AvgIpc) is 3.39. The van der Waals surface area contributed by atoms with Gasteiger partial charge in [0.25, 0.3) is 5.91 Å². The van der Waals surface area contributed by atoms with Crippen LogP contribution in [0.3, 0.4) is 0 Å². The van der Waals surface area contributed by atoms with Crippen molar-refractivity contribution >= 4 is 5.91 Å². The zero-order valence-electron chi connectivity index (χ0n) is 18.8. The number of benzene rings is 1. The van der Waals surface area contributed by atoms with Crippen molar-refractivity contribution in [1.29, 1.82) is 0 Å². The third-order valence-corrected chi connectivity index (χ3v) is 5.74. The van der Waals surface area contributed by atoms with E-state index in [0.29, 0.717) is 41.7 Å². The summed E-state index contributed by atoms with van der Waals surface area (Å²) >= 11 is 0. The topological polar surface area (TPSA) is 80.3 Å². The monoisotopic (exact) mass is 440 g/mol. The maximum absolute atomic E-state index is 13.8. The second-order valence-corrected chi connectivity index (χ2v) is 8.23. The third kappa shape index (κ3) is 4.43. The molecule has 0 unspecified atom stereocenters. The van der Waals surface area contributed by atoms with Crippen LogP contribution in [0.5, 0.6) is 0 Å². The van der Waals surface area contributed by atoms with Gasteiger partial charge < -0.3 is 9.42 Å². The summed E-state index contributed by atoms with van der Waals surface area (Å²) in [6.07, 6.45) is 6.14. The lowest BCUT2D eigenvalue weighted by atomic mass is 10.1. The van der Waals surface area contributed by atoms with Gasteiger partial charge in [-0.3, -0.25) is 14.3 Å². The van der Waals surface area contributed by atoms with Crippen molar-refractivity contribution in [3.8, 4) is 17.2 Å². The minimum atomic E-state index is -0.451. The van der Waals surface area contributed by atoms with Crippen LogP contribution in [0.2, 0.25) is 0 Å². The van der Waals surface area contributed by atoms with E-state index >= 15 is 0 Å². The first-order valence-electron chi connectivity index (χ1n) is 11.2. The SMILES string of the molecule is CCCCN(CCCC)Cc1nc(-c2ncn3c2CN(C)C(=O)c2cc(F)ccc2-3)no1. The molecule has 1 aliphatic rings. The van der Waals surface area contributed by atoms with Gasteiger partial charge in [0, 0.05) is 7.05 Å². The minimum Gasteiger partial charge on any atom is -0.337 e. The molecular weight excluding hydrogens is 411 g/mol. The molecular formula is C23H29FN6O2. The number of hydrogen-bond acceptors (Lipinski definition) is 6. The number of carbonyl (C=O) groups is 1. The number of carbonyl (C=O) groups excluding carboxylic acids is 1. The van der Waals surface area contributed by atoms with Crippen LogP contribution >= 0.6 is 0 Å². The molecule has 170 valence electrons. The van der Waals surface area contributed by atoms with E-state index in [1.165, 1.54) is 12.1 Å². The molecule has 0 fully saturated rings. The van der Waals surface area contributed by atoms with E-state index in [0.717, 1.165) is 44.5 Å². The fourth-order valence-corrected chi connectivity index (χ4v) is 3.95. The first-order valence-corrected chi connectivity index (χ1v) is 11.2. The Hall–Kier alpha value is -3.07. The first-order chi connectivity index (χ1) is 15.5. The van der Waals surface area contributed by atoms with Crippen molar-refractivity contribution < 1.29 is 13.7 Å². The van der Waals surface area contributed by atoms with Crippen molar-refractivity contribution in [1.82, 2.24) is 29.5 Å². The number of halogens is 1. The second-order valence-electron chi connectivity index (χ2n) is 8.23. The molecule has 0 saturated carbocycles. The Balaban J connectivity index is 1.63. The molecule has 3 aromatic rings. The summed E-state index contributed by atoms with van der Waals surface area (Å²) in [5.74, 6) is 0.249. The lowest BCUT2D eigenvalue weighted by Gasteiger charge is -2.19. The van der Waals surface area contributed by atoms with Crippen LogP contribution in [0.1, 0.15) is 61.5 Å². The van der Waals surface area contributed by atoms with Crippen LogP contribution < -0.4 is 0 Å². The van der Waals surface area contributed by atoms with Gasteiger partial charge in [-0.05, 0) is 44.1 Å². The highest BCUT2D eigenvalue weighted by Crippen LogP contribution is 2.29. The van der Waals surface area contributed by atoms with Crippen molar-refractivity contribution in [3.05, 3.63) is 47.5 Å². The fraction of sp³-hybridized carbons (Fsp3) is 0.478. The normalized spacial score (nSPS) is 13.4. The van der Waals surface area contributed by atoms with Crippen LogP contribution in [-0.2, 0) is 13.1 Å². The summed E-state index contributed by atoms with van der Waals surface area (Å²) in [6.45, 7) is 7.25. The van der Waals surface area contributed by atoms with Crippen LogP contribution in [0.4, 0.5) is 4.39 Å². The lowest BCUT2D eigenvalue weighted by molar-refractivity contribution is 0.0787. The molecule has 1 aliphatic heterocycles. The van der Waals surface area contributed by atoms with Crippen molar-refractivity contribution in [2.75, 3.05) is 20.1 Å². The molecule has 9 heteroatoms. The molecule has 0 radical (unpaired) electrons. The van der Waals surface area contributed by atoms with Gasteiger partial charge in [0.1, 0.15) is 17.8 Å². The molecule has 1 amide bonds. The predicted molar refractivity (Wildman–Crippen MR) is 118 cm³/mol. The van der Waals surface area contributed by atoms with E-state index in [-0.39, 0.29) is 5.91 Å². The molecule has 0 spiro atoms. The highest BCUT2D eigenvalue weighted by Gasteiger charge is 2.28. The summed E-state index contributed by atoms with van der Waals surface area (Å²) in [6, 6.07) is 4.20. The fourth-order valence-electron chi connectivity index (χ4n) is 3.95. The van der Waals surface area contributed by atoms with Crippen molar-refractivity contribution in [2.24, 2.45) is 0 Å². The molecule has 2 aromatic heterocycles. The summed E-state index contributed by atoms with van der Waals surface area (Å²) in [7, 11) is 1.68. The highest BCUT2D eigenvalue weighted by molar-refractivity contribution is 5.98. The van der Waals surface area contributed by atoms with Gasteiger partial charge >= 0.3 is 0 Å². The lowest BCUT2D eigenvalue weighted by Crippen LogP contribution is -2.25. The Kier molecular flexibility index (Phi) is 6.64. The number of unbranched alkanes of at least 4 members (excludes halogenated alkanes) is 2. The Morgan fingerprint density at radius 2 is 1.94 bits per heavy atom. The predicted octanol–water partition coefficient (Wildman–Crippen LogP) is 4.05. The first kappa shape index (κ1) is 22.1. The van der Waals surface area contributed by atoms with Crippen LogP contribution in [0, 0.1) is 5.82 Å². The number of rotatable bonds is 9. The quantitative estimate of drug-likeness (QED) is 0.499. The Morgan fingerprint density at radius 1 is 1.19 bits per heavy atom. The second kappa shape index (κ2) is 9.60. The Labute approximate surface area is 187 Å². The largest absolute Gasteiger partial charge is 0.337 e. The third-order valence-electron chi connectivity index (χ3n) is 5.74. The van der Waals surface area contributed by atoms with E-state index in [2.05, 4.69) is 33.9 Å². The maximum atomic E-state index is 13.8. The maximum Gasteiger partial charge on any atom is 0.256 e. The number of fused-ring (bicyclic) bond motifs is 3. The average molecular weight is 441 g/mol. The number of amides is 1. The van der Waals surface area contributed by atoms with E-state index < -0.39 is 5.82 Å². The van der Waals surface area contributed by atoms with E-state index in [4.69, 9.17) is 4.52 Å². The molecule has 0 bridgehead atoms.